The number of allylic oxidation sites excluding steroid dienone is 1. The van der Waals surface area contributed by atoms with Gasteiger partial charge in [-0.2, -0.15) is 0 Å². The Kier molecular flexibility index (Phi) is 4.95. The van der Waals surface area contributed by atoms with Crippen LogP contribution in [0.1, 0.15) is 12.5 Å². The third-order valence-corrected chi connectivity index (χ3v) is 3.75. The molecule has 1 aromatic carbocycles. The predicted octanol–water partition coefficient (Wildman–Crippen LogP) is 2.99. The molecule has 21 heavy (non-hydrogen) atoms. The van der Waals surface area contributed by atoms with E-state index in [0.717, 1.165) is 17.9 Å². The molecule has 7 heteroatoms. The molecule has 0 saturated carbocycles. The third-order valence-electron chi connectivity index (χ3n) is 2.77. The molecule has 0 atom stereocenters. The highest BCUT2D eigenvalue weighted by Gasteiger charge is 2.19. The molecule has 2 rings (SSSR count). The first kappa shape index (κ1) is 15.5. The van der Waals surface area contributed by atoms with Crippen LogP contribution in [0.25, 0.3) is 0 Å². The lowest BCUT2D eigenvalue weighted by Crippen LogP contribution is -2.12. The summed E-state index contributed by atoms with van der Waals surface area (Å²) in [6, 6.07) is 3.34. The van der Waals surface area contributed by atoms with Crippen LogP contribution in [-0.2, 0) is 16.0 Å². The number of aliphatic hydroxyl groups is 1. The second kappa shape index (κ2) is 6.71. The molecule has 1 aliphatic heterocycles. The largest absolute Gasteiger partial charge is 0.503 e. The minimum Gasteiger partial charge on any atom is -0.503 e. The van der Waals surface area contributed by atoms with Gasteiger partial charge in [-0.1, -0.05) is 6.07 Å². The summed E-state index contributed by atoms with van der Waals surface area (Å²) in [6.45, 7) is 1.98. The zero-order valence-corrected chi connectivity index (χ0v) is 12.0. The van der Waals surface area contributed by atoms with Crippen LogP contribution in [0.4, 0.5) is 8.78 Å². The van der Waals surface area contributed by atoms with Crippen molar-refractivity contribution in [2.24, 2.45) is 4.99 Å². The van der Waals surface area contributed by atoms with Crippen molar-refractivity contribution in [3.8, 4) is 0 Å². The van der Waals surface area contributed by atoms with Crippen molar-refractivity contribution in [1.29, 1.82) is 0 Å². The van der Waals surface area contributed by atoms with E-state index >= 15 is 0 Å². The van der Waals surface area contributed by atoms with Crippen molar-refractivity contribution in [2.75, 3.05) is 12.3 Å². The maximum atomic E-state index is 13.4. The SMILES string of the molecule is CC(OC(=O)Cc1c(F)cccc1F)=C(O)C1=NCCS1. The Morgan fingerprint density at radius 1 is 1.43 bits per heavy atom. The van der Waals surface area contributed by atoms with Gasteiger partial charge in [-0.05, 0) is 19.1 Å². The number of esters is 1. The van der Waals surface area contributed by atoms with Gasteiger partial charge in [0.15, 0.2) is 5.76 Å². The Morgan fingerprint density at radius 2 is 2.10 bits per heavy atom. The quantitative estimate of drug-likeness (QED) is 0.686. The maximum Gasteiger partial charge on any atom is 0.315 e. The van der Waals surface area contributed by atoms with Crippen LogP contribution in [0.2, 0.25) is 0 Å². The molecule has 0 unspecified atom stereocenters. The van der Waals surface area contributed by atoms with Crippen molar-refractivity contribution in [3.05, 3.63) is 46.9 Å². The average Bonchev–Trinajstić information content (AvgIpc) is 2.96. The number of aliphatic hydroxyl groups excluding tert-OH is 1. The number of carbonyl (C=O) groups is 1. The summed E-state index contributed by atoms with van der Waals surface area (Å²) >= 11 is 1.35. The summed E-state index contributed by atoms with van der Waals surface area (Å²) < 4.78 is 31.7. The smallest absolute Gasteiger partial charge is 0.315 e. The maximum absolute atomic E-state index is 13.4. The van der Waals surface area contributed by atoms with E-state index < -0.39 is 24.0 Å². The molecule has 0 amide bonds. The van der Waals surface area contributed by atoms with Crippen LogP contribution >= 0.6 is 11.8 Å². The van der Waals surface area contributed by atoms with E-state index in [2.05, 4.69) is 4.99 Å². The fourth-order valence-electron chi connectivity index (χ4n) is 1.73. The summed E-state index contributed by atoms with van der Waals surface area (Å²) in [6.07, 6.45) is -0.553. The Morgan fingerprint density at radius 3 is 2.67 bits per heavy atom. The molecular formula is C14H13F2NO3S. The van der Waals surface area contributed by atoms with Gasteiger partial charge >= 0.3 is 5.97 Å². The van der Waals surface area contributed by atoms with Crippen molar-refractivity contribution >= 4 is 22.8 Å². The summed E-state index contributed by atoms with van der Waals surface area (Å²) in [4.78, 5) is 15.7. The summed E-state index contributed by atoms with van der Waals surface area (Å²) in [5.74, 6) is -1.99. The molecular weight excluding hydrogens is 300 g/mol. The Bertz CT molecular complexity index is 608. The average molecular weight is 313 g/mol. The summed E-state index contributed by atoms with van der Waals surface area (Å²) in [7, 11) is 0. The first-order chi connectivity index (χ1) is 9.99. The number of hydrogen-bond donors (Lipinski definition) is 1. The minimum absolute atomic E-state index is 0.0371. The van der Waals surface area contributed by atoms with E-state index in [1.807, 2.05) is 0 Å². The highest BCUT2D eigenvalue weighted by atomic mass is 32.2. The van der Waals surface area contributed by atoms with Gasteiger partial charge in [0.05, 0.1) is 6.42 Å². The number of aliphatic imine (C=N–C) groups is 1. The van der Waals surface area contributed by atoms with Crippen LogP contribution in [0.3, 0.4) is 0 Å². The monoisotopic (exact) mass is 313 g/mol. The van der Waals surface area contributed by atoms with E-state index in [1.165, 1.54) is 24.8 Å². The minimum atomic E-state index is -0.855. The van der Waals surface area contributed by atoms with Crippen LogP contribution in [0.15, 0.2) is 34.7 Å². The van der Waals surface area contributed by atoms with Gasteiger partial charge in [0.25, 0.3) is 0 Å². The molecule has 0 spiro atoms. The Balaban J connectivity index is 2.06. The Labute approximate surface area is 124 Å². The fraction of sp³-hybridized carbons (Fsp3) is 0.286. The number of thioether (sulfide) groups is 1. The van der Waals surface area contributed by atoms with Gasteiger partial charge in [-0.15, -0.1) is 11.8 Å². The molecule has 0 saturated heterocycles. The number of ether oxygens (including phenoxy) is 1. The Hall–Kier alpha value is -1.89. The van der Waals surface area contributed by atoms with Crippen molar-refractivity contribution < 1.29 is 23.4 Å². The number of rotatable bonds is 4. The molecule has 0 fully saturated rings. The van der Waals surface area contributed by atoms with Gasteiger partial charge < -0.3 is 9.84 Å². The molecule has 112 valence electrons. The second-order valence-corrected chi connectivity index (χ2v) is 5.37. The third kappa shape index (κ3) is 3.81. The van der Waals surface area contributed by atoms with Crippen molar-refractivity contribution in [3.63, 3.8) is 0 Å². The lowest BCUT2D eigenvalue weighted by molar-refractivity contribution is -0.139. The molecule has 1 aromatic rings. The van der Waals surface area contributed by atoms with Gasteiger partial charge in [-0.3, -0.25) is 9.79 Å². The molecule has 1 aliphatic rings. The topological polar surface area (TPSA) is 58.9 Å². The van der Waals surface area contributed by atoms with Crippen LogP contribution in [-0.4, -0.2) is 28.4 Å². The number of carbonyl (C=O) groups excluding carboxylic acids is 1. The van der Waals surface area contributed by atoms with E-state index in [0.29, 0.717) is 11.6 Å². The van der Waals surface area contributed by atoms with Gasteiger partial charge in [0.2, 0.25) is 0 Å². The molecule has 0 bridgehead atoms. The zero-order chi connectivity index (χ0) is 15.4. The van der Waals surface area contributed by atoms with Crippen LogP contribution in [0.5, 0.6) is 0 Å². The van der Waals surface area contributed by atoms with Gasteiger partial charge in [0, 0.05) is 17.9 Å². The molecule has 0 aliphatic carbocycles. The van der Waals surface area contributed by atoms with Gasteiger partial charge in [-0.25, -0.2) is 8.78 Å². The van der Waals surface area contributed by atoms with Crippen molar-refractivity contribution in [1.82, 2.24) is 0 Å². The van der Waals surface area contributed by atoms with E-state index in [4.69, 9.17) is 4.74 Å². The lowest BCUT2D eigenvalue weighted by Gasteiger charge is -2.08. The zero-order valence-electron chi connectivity index (χ0n) is 11.2. The van der Waals surface area contributed by atoms with E-state index in [1.54, 1.807) is 0 Å². The molecule has 1 N–H and O–H groups in total. The normalized spacial score (nSPS) is 15.5. The van der Waals surface area contributed by atoms with Gasteiger partial charge in [0.1, 0.15) is 22.4 Å². The summed E-state index contributed by atoms with van der Waals surface area (Å²) in [5.41, 5.74) is -0.359. The second-order valence-electron chi connectivity index (χ2n) is 4.29. The highest BCUT2D eigenvalue weighted by Crippen LogP contribution is 2.20. The van der Waals surface area contributed by atoms with Crippen LogP contribution in [0, 0.1) is 11.6 Å². The highest BCUT2D eigenvalue weighted by molar-refractivity contribution is 8.14. The number of halogens is 2. The van der Waals surface area contributed by atoms with Crippen LogP contribution < -0.4 is 0 Å². The molecule has 0 radical (unpaired) electrons. The first-order valence-electron chi connectivity index (χ1n) is 6.20. The summed E-state index contributed by atoms with van der Waals surface area (Å²) in [5, 5.41) is 10.2. The van der Waals surface area contributed by atoms with E-state index in [9.17, 15) is 18.7 Å². The van der Waals surface area contributed by atoms with Crippen molar-refractivity contribution in [2.45, 2.75) is 13.3 Å². The molecule has 4 nitrogen and oxygen atoms in total. The van der Waals surface area contributed by atoms with E-state index in [-0.39, 0.29) is 17.1 Å². The number of benzene rings is 1. The molecule has 0 aromatic heterocycles. The fourth-order valence-corrected chi connectivity index (χ4v) is 2.57. The predicted molar refractivity (Wildman–Crippen MR) is 76.2 cm³/mol. The lowest BCUT2D eigenvalue weighted by atomic mass is 10.1. The number of nitrogens with zero attached hydrogens (tertiary/aromatic N) is 1. The number of hydrogen-bond acceptors (Lipinski definition) is 5. The molecule has 1 heterocycles. The standard InChI is InChI=1S/C14H13F2NO3S/c1-8(13(19)14-17-5-6-21-14)20-12(18)7-9-10(15)3-2-4-11(9)16/h2-4,19H,5-7H2,1H3. The first-order valence-corrected chi connectivity index (χ1v) is 7.18.